The molecular formula is C22H28N2O2. The number of carbonyl (C=O) groups is 1. The number of benzene rings is 2. The van der Waals surface area contributed by atoms with E-state index >= 15 is 0 Å². The summed E-state index contributed by atoms with van der Waals surface area (Å²) in [5.41, 5.74) is 2.78. The summed E-state index contributed by atoms with van der Waals surface area (Å²) in [5.74, 6) is -0.877. The number of nitrogens with one attached hydrogen (secondary N) is 2. The first-order chi connectivity index (χ1) is 12.6. The molecule has 138 valence electrons. The van der Waals surface area contributed by atoms with Crippen molar-refractivity contribution in [1.29, 1.82) is 0 Å². The molecule has 1 aliphatic carbocycles. The van der Waals surface area contributed by atoms with Crippen LogP contribution in [0.15, 0.2) is 54.6 Å². The predicted molar refractivity (Wildman–Crippen MR) is 104 cm³/mol. The molecule has 0 heterocycles. The highest BCUT2D eigenvalue weighted by molar-refractivity contribution is 5.87. The lowest BCUT2D eigenvalue weighted by Crippen LogP contribution is -2.51. The van der Waals surface area contributed by atoms with Gasteiger partial charge in [-0.25, -0.2) is 4.79 Å². The number of hydrogen-bond acceptors (Lipinski definition) is 3. The Labute approximate surface area is 155 Å². The molecule has 0 amide bonds. The highest BCUT2D eigenvalue weighted by Gasteiger charge is 2.34. The Kier molecular flexibility index (Phi) is 6.07. The van der Waals surface area contributed by atoms with E-state index in [0.29, 0.717) is 18.2 Å². The molecule has 1 fully saturated rings. The molecular weight excluding hydrogens is 324 g/mol. The normalized spacial score (nSPS) is 17.1. The van der Waals surface area contributed by atoms with Gasteiger partial charge in [0.25, 0.3) is 0 Å². The van der Waals surface area contributed by atoms with Crippen molar-refractivity contribution in [2.45, 2.75) is 50.7 Å². The molecule has 26 heavy (non-hydrogen) atoms. The van der Waals surface area contributed by atoms with Crippen LogP contribution < -0.4 is 10.6 Å². The van der Waals surface area contributed by atoms with E-state index in [0.717, 1.165) is 12.1 Å². The maximum absolute atomic E-state index is 11.1. The third kappa shape index (κ3) is 4.71. The van der Waals surface area contributed by atoms with Crippen molar-refractivity contribution >= 4 is 5.97 Å². The highest BCUT2D eigenvalue weighted by atomic mass is 16.4. The minimum Gasteiger partial charge on any atom is -0.478 e. The van der Waals surface area contributed by atoms with Gasteiger partial charge >= 0.3 is 5.97 Å². The second kappa shape index (κ2) is 8.47. The smallest absolute Gasteiger partial charge is 0.335 e. The van der Waals surface area contributed by atoms with Crippen LogP contribution in [0.1, 0.15) is 60.1 Å². The number of aromatic carboxylic acids is 1. The molecule has 1 aliphatic rings. The molecule has 0 spiro atoms. The van der Waals surface area contributed by atoms with Gasteiger partial charge in [-0.1, -0.05) is 55.3 Å². The molecule has 0 bridgehead atoms. The van der Waals surface area contributed by atoms with Gasteiger partial charge in [0.1, 0.15) is 0 Å². The van der Waals surface area contributed by atoms with Crippen LogP contribution >= 0.6 is 0 Å². The van der Waals surface area contributed by atoms with Gasteiger partial charge in [-0.05, 0) is 43.0 Å². The molecule has 3 rings (SSSR count). The molecule has 3 N–H and O–H groups in total. The zero-order valence-electron chi connectivity index (χ0n) is 15.4. The maximum Gasteiger partial charge on any atom is 0.335 e. The van der Waals surface area contributed by atoms with Gasteiger partial charge in [0.05, 0.1) is 5.56 Å². The topological polar surface area (TPSA) is 61.4 Å². The molecule has 0 aromatic heterocycles. The first-order valence-electron chi connectivity index (χ1n) is 9.44. The summed E-state index contributed by atoms with van der Waals surface area (Å²) in [6.45, 7) is 3.80. The lowest BCUT2D eigenvalue weighted by Gasteiger charge is -2.34. The Morgan fingerprint density at radius 2 is 1.85 bits per heavy atom. The van der Waals surface area contributed by atoms with Crippen molar-refractivity contribution in [3.05, 3.63) is 71.3 Å². The minimum atomic E-state index is -0.877. The Hall–Kier alpha value is -2.17. The molecule has 2 aromatic carbocycles. The van der Waals surface area contributed by atoms with Gasteiger partial charge in [0.2, 0.25) is 0 Å². The third-order valence-corrected chi connectivity index (χ3v) is 5.35. The molecule has 1 atom stereocenters. The minimum absolute atomic E-state index is 0.111. The van der Waals surface area contributed by atoms with E-state index in [1.54, 1.807) is 12.1 Å². The third-order valence-electron chi connectivity index (χ3n) is 5.35. The van der Waals surface area contributed by atoms with E-state index in [4.69, 9.17) is 5.11 Å². The van der Waals surface area contributed by atoms with E-state index in [2.05, 4.69) is 41.8 Å². The summed E-state index contributed by atoms with van der Waals surface area (Å²) in [7, 11) is 0. The lowest BCUT2D eigenvalue weighted by atomic mass is 9.94. The summed E-state index contributed by atoms with van der Waals surface area (Å²) < 4.78 is 0. The highest BCUT2D eigenvalue weighted by Crippen LogP contribution is 2.32. The monoisotopic (exact) mass is 352 g/mol. The number of carboxylic acid groups (broad SMARTS) is 1. The van der Waals surface area contributed by atoms with Crippen LogP contribution in [0.4, 0.5) is 0 Å². The fourth-order valence-electron chi connectivity index (χ4n) is 3.97. The quantitative estimate of drug-likeness (QED) is 0.668. The van der Waals surface area contributed by atoms with Crippen LogP contribution in [0.2, 0.25) is 0 Å². The summed E-state index contributed by atoms with van der Waals surface area (Å²) in [4.78, 5) is 11.1. The Morgan fingerprint density at radius 3 is 2.54 bits per heavy atom. The molecule has 0 saturated heterocycles. The Morgan fingerprint density at radius 1 is 1.12 bits per heavy atom. The maximum atomic E-state index is 11.1. The standard InChI is InChI=1S/C22H28N2O2/c1-17(19-9-3-2-4-10-19)24-22(12-5-6-13-22)16-23-15-18-8-7-11-20(14-18)21(25)26/h2-4,7-11,14,17,23-24H,5-6,12-13,15-16H2,1H3,(H,25,26). The van der Waals surface area contributed by atoms with Crippen molar-refractivity contribution in [2.75, 3.05) is 6.54 Å². The molecule has 4 heteroatoms. The average molecular weight is 352 g/mol. The summed E-state index contributed by atoms with van der Waals surface area (Å²) in [5, 5.41) is 16.5. The number of rotatable bonds is 8. The molecule has 4 nitrogen and oxygen atoms in total. The molecule has 1 unspecified atom stereocenters. The van der Waals surface area contributed by atoms with Crippen LogP contribution in [0.25, 0.3) is 0 Å². The molecule has 1 saturated carbocycles. The fourth-order valence-corrected chi connectivity index (χ4v) is 3.97. The van der Waals surface area contributed by atoms with Crippen LogP contribution in [0, 0.1) is 0 Å². The summed E-state index contributed by atoms with van der Waals surface area (Å²) in [6, 6.07) is 18.0. The van der Waals surface area contributed by atoms with Crippen molar-refractivity contribution in [3.63, 3.8) is 0 Å². The SMILES string of the molecule is CC(NC1(CNCc2cccc(C(=O)O)c2)CCCC1)c1ccccc1. The zero-order chi connectivity index (χ0) is 18.4. The molecule has 0 radical (unpaired) electrons. The van der Waals surface area contributed by atoms with E-state index in [-0.39, 0.29) is 5.54 Å². The van der Waals surface area contributed by atoms with Gasteiger partial charge in [0, 0.05) is 24.7 Å². The Balaban J connectivity index is 1.60. The second-order valence-electron chi connectivity index (χ2n) is 7.37. The zero-order valence-corrected chi connectivity index (χ0v) is 15.4. The second-order valence-corrected chi connectivity index (χ2v) is 7.37. The van der Waals surface area contributed by atoms with Gasteiger partial charge in [-0.15, -0.1) is 0 Å². The van der Waals surface area contributed by atoms with Crippen molar-refractivity contribution in [1.82, 2.24) is 10.6 Å². The Bertz CT molecular complexity index is 724. The van der Waals surface area contributed by atoms with Crippen LogP contribution in [-0.4, -0.2) is 23.2 Å². The van der Waals surface area contributed by atoms with E-state index in [1.165, 1.54) is 31.2 Å². The fraction of sp³-hybridized carbons (Fsp3) is 0.409. The van der Waals surface area contributed by atoms with Gasteiger partial charge in [0.15, 0.2) is 0 Å². The lowest BCUT2D eigenvalue weighted by molar-refractivity contribution is 0.0696. The molecule has 2 aromatic rings. The van der Waals surface area contributed by atoms with Crippen LogP contribution in [0.3, 0.4) is 0 Å². The molecule has 0 aliphatic heterocycles. The van der Waals surface area contributed by atoms with E-state index < -0.39 is 5.97 Å². The van der Waals surface area contributed by atoms with Crippen molar-refractivity contribution in [2.24, 2.45) is 0 Å². The first-order valence-corrected chi connectivity index (χ1v) is 9.44. The van der Waals surface area contributed by atoms with Crippen molar-refractivity contribution in [3.8, 4) is 0 Å². The number of hydrogen-bond donors (Lipinski definition) is 3. The van der Waals surface area contributed by atoms with Crippen LogP contribution in [-0.2, 0) is 6.54 Å². The van der Waals surface area contributed by atoms with Gasteiger partial charge in [-0.3, -0.25) is 0 Å². The summed E-state index contributed by atoms with van der Waals surface area (Å²) in [6.07, 6.45) is 4.86. The van der Waals surface area contributed by atoms with E-state index in [9.17, 15) is 4.79 Å². The average Bonchev–Trinajstić information content (AvgIpc) is 3.11. The van der Waals surface area contributed by atoms with Crippen LogP contribution in [0.5, 0.6) is 0 Å². The largest absolute Gasteiger partial charge is 0.478 e. The van der Waals surface area contributed by atoms with Crippen molar-refractivity contribution < 1.29 is 9.90 Å². The predicted octanol–water partition coefficient (Wildman–Crippen LogP) is 4.14. The van der Waals surface area contributed by atoms with Gasteiger partial charge in [-0.2, -0.15) is 0 Å². The summed E-state index contributed by atoms with van der Waals surface area (Å²) >= 11 is 0. The number of carboxylic acids is 1. The van der Waals surface area contributed by atoms with E-state index in [1.807, 2.05) is 18.2 Å². The van der Waals surface area contributed by atoms with Gasteiger partial charge < -0.3 is 15.7 Å². The first kappa shape index (κ1) is 18.6.